The maximum Gasteiger partial charge on any atom is 0.264 e. The number of nitrogens with zero attached hydrogens (tertiary/aromatic N) is 1. The molecule has 0 bridgehead atoms. The fraction of sp³-hybridized carbons (Fsp3) is 0.318. The highest BCUT2D eigenvalue weighted by atomic mass is 32.1. The number of carbonyl (C=O) groups excluding carboxylic acids is 1. The summed E-state index contributed by atoms with van der Waals surface area (Å²) in [5.74, 6) is 1.25. The summed E-state index contributed by atoms with van der Waals surface area (Å²) in [7, 11) is 0. The van der Waals surface area contributed by atoms with Gasteiger partial charge in [-0.3, -0.25) is 4.79 Å². The summed E-state index contributed by atoms with van der Waals surface area (Å²) < 4.78 is 25.9. The van der Waals surface area contributed by atoms with Gasteiger partial charge in [-0.2, -0.15) is 0 Å². The number of benzene rings is 2. The highest BCUT2D eigenvalue weighted by Crippen LogP contribution is 2.39. The first-order chi connectivity index (χ1) is 13.7. The molecule has 0 unspecified atom stereocenters. The van der Waals surface area contributed by atoms with Crippen LogP contribution in [-0.2, 0) is 0 Å². The lowest BCUT2D eigenvalue weighted by Crippen LogP contribution is -2.29. The van der Waals surface area contributed by atoms with Gasteiger partial charge in [0.25, 0.3) is 5.91 Å². The summed E-state index contributed by atoms with van der Waals surface area (Å²) in [5.41, 5.74) is 1.07. The van der Waals surface area contributed by atoms with Crippen LogP contribution in [0.2, 0.25) is 0 Å². The molecule has 0 N–H and O–H groups in total. The van der Waals surface area contributed by atoms with Crippen LogP contribution in [0.15, 0.2) is 42.5 Å². The zero-order valence-corrected chi connectivity index (χ0v) is 16.1. The number of amides is 1. The average molecular weight is 397 g/mol. The number of fused-ring (bicyclic) bond motifs is 2. The van der Waals surface area contributed by atoms with Gasteiger partial charge in [0, 0.05) is 17.7 Å². The zero-order valence-electron chi connectivity index (χ0n) is 15.3. The van der Waals surface area contributed by atoms with E-state index in [2.05, 4.69) is 0 Å². The molecule has 0 spiro atoms. The lowest BCUT2D eigenvalue weighted by Gasteiger charge is -2.25. The van der Waals surface area contributed by atoms with E-state index in [1.807, 2.05) is 23.1 Å². The van der Waals surface area contributed by atoms with E-state index in [4.69, 9.17) is 9.47 Å². The molecule has 3 heterocycles. The molecule has 1 saturated heterocycles. The number of carbonyl (C=O) groups is 1. The van der Waals surface area contributed by atoms with Crippen LogP contribution < -0.4 is 9.47 Å². The lowest BCUT2D eigenvalue weighted by atomic mass is 10.0. The SMILES string of the molecule is O=C(c1cc2cc(F)ccc2s1)N1CCC[C@@H]1c1ccc2c(c1)OCCCO2. The van der Waals surface area contributed by atoms with Crippen LogP contribution in [0.5, 0.6) is 11.5 Å². The molecule has 2 aromatic carbocycles. The first kappa shape index (κ1) is 17.5. The second-order valence-electron chi connectivity index (χ2n) is 7.21. The normalized spacial score (nSPS) is 19.0. The third kappa shape index (κ3) is 3.11. The molecule has 3 aromatic rings. The minimum Gasteiger partial charge on any atom is -0.490 e. The summed E-state index contributed by atoms with van der Waals surface area (Å²) in [6, 6.07) is 12.5. The number of hydrogen-bond donors (Lipinski definition) is 0. The summed E-state index contributed by atoms with van der Waals surface area (Å²) in [6.07, 6.45) is 2.75. The molecule has 144 valence electrons. The predicted octanol–water partition coefficient (Wildman–Crippen LogP) is 5.18. The topological polar surface area (TPSA) is 38.8 Å². The van der Waals surface area contributed by atoms with Crippen LogP contribution in [0.4, 0.5) is 4.39 Å². The molecule has 2 aliphatic rings. The summed E-state index contributed by atoms with van der Waals surface area (Å²) in [5, 5.41) is 0.777. The lowest BCUT2D eigenvalue weighted by molar-refractivity contribution is 0.0740. The second kappa shape index (κ2) is 7.09. The smallest absolute Gasteiger partial charge is 0.264 e. The predicted molar refractivity (Wildman–Crippen MR) is 107 cm³/mol. The molecule has 1 fully saturated rings. The van der Waals surface area contributed by atoms with Crippen LogP contribution >= 0.6 is 11.3 Å². The largest absolute Gasteiger partial charge is 0.490 e. The zero-order chi connectivity index (χ0) is 19.1. The van der Waals surface area contributed by atoms with Crippen molar-refractivity contribution in [2.45, 2.75) is 25.3 Å². The van der Waals surface area contributed by atoms with Gasteiger partial charge >= 0.3 is 0 Å². The van der Waals surface area contributed by atoms with Crippen molar-refractivity contribution in [3.05, 3.63) is 58.7 Å². The standard InChI is InChI=1S/C22H20FNO3S/c23-16-5-7-20-15(11-16)13-21(28-20)22(25)24-8-1-3-17(24)14-4-6-18-19(12-14)27-10-2-9-26-18/h4-7,11-13,17H,1-3,8-10H2/t17-/m1/s1. The van der Waals surface area contributed by atoms with Gasteiger partial charge in [-0.1, -0.05) is 6.07 Å². The third-order valence-corrected chi connectivity index (χ3v) is 6.46. The Bertz CT molecular complexity index is 1050. The van der Waals surface area contributed by atoms with Crippen molar-refractivity contribution in [1.82, 2.24) is 4.90 Å². The van der Waals surface area contributed by atoms with E-state index in [0.29, 0.717) is 18.1 Å². The molecule has 1 amide bonds. The van der Waals surface area contributed by atoms with Crippen LogP contribution in [0.3, 0.4) is 0 Å². The summed E-state index contributed by atoms with van der Waals surface area (Å²) >= 11 is 1.42. The maximum atomic E-state index is 13.5. The molecule has 0 saturated carbocycles. The number of rotatable bonds is 2. The average Bonchev–Trinajstić information content (AvgIpc) is 3.28. The Balaban J connectivity index is 1.44. The molecule has 0 aliphatic carbocycles. The van der Waals surface area contributed by atoms with Crippen molar-refractivity contribution in [2.75, 3.05) is 19.8 Å². The number of thiophene rings is 1. The first-order valence-corrected chi connectivity index (χ1v) is 10.4. The Morgan fingerprint density at radius 1 is 1.04 bits per heavy atom. The van der Waals surface area contributed by atoms with Crippen molar-refractivity contribution >= 4 is 27.3 Å². The Hall–Kier alpha value is -2.60. The van der Waals surface area contributed by atoms with Gasteiger partial charge < -0.3 is 14.4 Å². The van der Waals surface area contributed by atoms with Crippen molar-refractivity contribution in [3.8, 4) is 11.5 Å². The maximum absolute atomic E-state index is 13.5. The van der Waals surface area contributed by atoms with Gasteiger partial charge in [-0.05, 0) is 60.2 Å². The van der Waals surface area contributed by atoms with Crippen LogP contribution in [0, 0.1) is 5.82 Å². The molecule has 0 radical (unpaired) electrons. The van der Waals surface area contributed by atoms with E-state index in [-0.39, 0.29) is 17.8 Å². The highest BCUT2D eigenvalue weighted by Gasteiger charge is 2.32. The van der Waals surface area contributed by atoms with Crippen LogP contribution in [0.1, 0.15) is 40.5 Å². The molecule has 4 nitrogen and oxygen atoms in total. The van der Waals surface area contributed by atoms with Gasteiger partial charge in [0.05, 0.1) is 24.1 Å². The van der Waals surface area contributed by atoms with E-state index in [1.165, 1.54) is 23.5 Å². The second-order valence-corrected chi connectivity index (χ2v) is 8.29. The molecule has 5 rings (SSSR count). The van der Waals surface area contributed by atoms with Crippen LogP contribution in [0.25, 0.3) is 10.1 Å². The Kier molecular flexibility index (Phi) is 4.43. The van der Waals surface area contributed by atoms with E-state index >= 15 is 0 Å². The fourth-order valence-electron chi connectivity index (χ4n) is 4.00. The number of ether oxygens (including phenoxy) is 2. The molecule has 1 atom stereocenters. The van der Waals surface area contributed by atoms with Gasteiger partial charge in [-0.15, -0.1) is 11.3 Å². The van der Waals surface area contributed by atoms with Gasteiger partial charge in [0.15, 0.2) is 11.5 Å². The molecule has 6 heteroatoms. The Morgan fingerprint density at radius 3 is 2.79 bits per heavy atom. The van der Waals surface area contributed by atoms with Crippen molar-refractivity contribution in [2.24, 2.45) is 0 Å². The van der Waals surface area contributed by atoms with Gasteiger partial charge in [-0.25, -0.2) is 4.39 Å². The number of halogens is 1. The fourth-order valence-corrected chi connectivity index (χ4v) is 5.00. The number of likely N-dealkylation sites (tertiary alicyclic amines) is 1. The summed E-state index contributed by atoms with van der Waals surface area (Å²) in [4.78, 5) is 15.8. The monoisotopic (exact) mass is 397 g/mol. The first-order valence-electron chi connectivity index (χ1n) is 9.59. The Morgan fingerprint density at radius 2 is 1.89 bits per heavy atom. The molecular formula is C22H20FNO3S. The van der Waals surface area contributed by atoms with Gasteiger partial charge in [0.1, 0.15) is 5.82 Å². The summed E-state index contributed by atoms with van der Waals surface area (Å²) in [6.45, 7) is 2.02. The molecule has 1 aromatic heterocycles. The third-order valence-electron chi connectivity index (χ3n) is 5.36. The Labute approximate surface area is 166 Å². The molecular weight excluding hydrogens is 377 g/mol. The molecule has 2 aliphatic heterocycles. The quantitative estimate of drug-likeness (QED) is 0.598. The van der Waals surface area contributed by atoms with E-state index in [0.717, 1.165) is 53.0 Å². The minimum atomic E-state index is -0.282. The van der Waals surface area contributed by atoms with Crippen molar-refractivity contribution in [1.29, 1.82) is 0 Å². The minimum absolute atomic E-state index is 0.0104. The highest BCUT2D eigenvalue weighted by molar-refractivity contribution is 7.20. The van der Waals surface area contributed by atoms with Crippen molar-refractivity contribution in [3.63, 3.8) is 0 Å². The van der Waals surface area contributed by atoms with Gasteiger partial charge in [0.2, 0.25) is 0 Å². The van der Waals surface area contributed by atoms with E-state index in [9.17, 15) is 9.18 Å². The molecule has 28 heavy (non-hydrogen) atoms. The number of hydrogen-bond acceptors (Lipinski definition) is 4. The van der Waals surface area contributed by atoms with Crippen LogP contribution in [-0.4, -0.2) is 30.6 Å². The van der Waals surface area contributed by atoms with E-state index in [1.54, 1.807) is 12.1 Å². The van der Waals surface area contributed by atoms with Crippen molar-refractivity contribution < 1.29 is 18.7 Å². The van der Waals surface area contributed by atoms with E-state index < -0.39 is 0 Å².